The Kier molecular flexibility index (Phi) is 10.5. The van der Waals surface area contributed by atoms with E-state index in [1.807, 2.05) is 6.07 Å². The van der Waals surface area contributed by atoms with Crippen molar-refractivity contribution in [1.29, 1.82) is 0 Å². The number of hydrogen-bond donors (Lipinski definition) is 0. The number of aryl methyl sites for hydroxylation is 2. The molecule has 2 aromatic heterocycles. The van der Waals surface area contributed by atoms with Crippen LogP contribution in [-0.2, 0) is 53.8 Å². The molecule has 0 N–H and O–H groups in total. The molecule has 0 atom stereocenters. The molecule has 0 fully saturated rings. The van der Waals surface area contributed by atoms with E-state index in [1.54, 1.807) is 0 Å². The number of hydrogen-bond acceptors (Lipinski definition) is 1. The second kappa shape index (κ2) is 12.2. The van der Waals surface area contributed by atoms with Crippen molar-refractivity contribution in [3.63, 3.8) is 0 Å². The number of benzene rings is 3. The van der Waals surface area contributed by atoms with Crippen LogP contribution in [0.1, 0.15) is 87.1 Å². The quantitative estimate of drug-likeness (QED) is 0.132. The molecule has 0 spiro atoms. The molecule has 0 aliphatic carbocycles. The molecule has 0 aliphatic rings. The molecule has 0 unspecified atom stereocenters. The first-order valence-electron chi connectivity index (χ1n) is 12.6. The molecule has 3 aromatic carbocycles. The minimum Gasteiger partial charge on any atom is -0.358 e. The zero-order chi connectivity index (χ0) is 24.3. The molecule has 37 heavy (non-hydrogen) atoms. The minimum atomic E-state index is 0. The molecule has 2 nitrogen and oxygen atoms in total. The van der Waals surface area contributed by atoms with Gasteiger partial charge in [-0.15, -0.1) is 29.7 Å². The Bertz CT molecular complexity index is 1530. The normalized spacial score (nSPS) is 11.3. The number of aromatic nitrogens is 2. The smallest absolute Gasteiger partial charge is 0.358 e. The van der Waals surface area contributed by atoms with Crippen molar-refractivity contribution in [3.8, 4) is 11.3 Å². The Morgan fingerprint density at radius 2 is 1.41 bits per heavy atom. The third kappa shape index (κ3) is 5.41. The molecular weight excluding hydrogens is 708 g/mol. The predicted molar refractivity (Wildman–Crippen MR) is 153 cm³/mol. The van der Waals surface area contributed by atoms with E-state index in [0.717, 1.165) is 11.0 Å². The van der Waals surface area contributed by atoms with Gasteiger partial charge in [0.05, 0.1) is 11.3 Å². The number of imidazole rings is 1. The number of nitrogens with zero attached hydrogens (tertiary/aromatic N) is 2. The average molecular weight is 747 g/mol. The van der Waals surface area contributed by atoms with E-state index >= 15 is 0 Å². The van der Waals surface area contributed by atoms with Crippen molar-refractivity contribution < 1.29 is 53.8 Å². The standard InChI is InChI=1S/C32H35N2.CH3.Pt.Y/c1-18(2)23-15-26(19(3)4)31(27(16-23)20(5)6)30-17-33-32-25-12-10-9-11-24(25)28-13-21(7)22(8)14-29(28)34(30)32;;;/h9-11,13-20H,1-8H3;1H3;;/q2*-1;+2;. The van der Waals surface area contributed by atoms with Gasteiger partial charge >= 0.3 is 21.1 Å². The molecule has 1 radical (unpaired) electrons. The summed E-state index contributed by atoms with van der Waals surface area (Å²) in [7, 11) is 0. The van der Waals surface area contributed by atoms with E-state index in [-0.39, 0.29) is 61.2 Å². The van der Waals surface area contributed by atoms with Gasteiger partial charge in [0.1, 0.15) is 0 Å². The molecule has 0 saturated carbocycles. The Balaban J connectivity index is 0.00000160. The fraction of sp³-hybridized carbons (Fsp3) is 0.333. The van der Waals surface area contributed by atoms with Gasteiger partial charge in [-0.3, -0.25) is 4.98 Å². The summed E-state index contributed by atoms with van der Waals surface area (Å²) < 4.78 is 2.39. The SMILES string of the molecule is Cc1cc2c3ccc[c-]c3c3ncc(-c4c(C(C)C)cc(C(C)C)cc4C(C)C)n3c2cc1C.[CH3-].[Pt+2].[Y]. The number of rotatable bonds is 4. The van der Waals surface area contributed by atoms with E-state index < -0.39 is 0 Å². The molecule has 5 rings (SSSR count). The third-order valence-electron chi connectivity index (χ3n) is 7.37. The first-order valence-corrected chi connectivity index (χ1v) is 12.6. The van der Waals surface area contributed by atoms with Crippen LogP contribution in [0.5, 0.6) is 0 Å². The number of pyridine rings is 1. The summed E-state index contributed by atoms with van der Waals surface area (Å²) in [5, 5.41) is 3.56. The Morgan fingerprint density at radius 1 is 0.811 bits per heavy atom. The molecule has 2 heterocycles. The van der Waals surface area contributed by atoms with Crippen LogP contribution in [0.15, 0.2) is 48.7 Å². The molecule has 0 bridgehead atoms. The van der Waals surface area contributed by atoms with Gasteiger partial charge in [0.25, 0.3) is 0 Å². The van der Waals surface area contributed by atoms with E-state index in [9.17, 15) is 0 Å². The van der Waals surface area contributed by atoms with Gasteiger partial charge in [0.15, 0.2) is 0 Å². The van der Waals surface area contributed by atoms with Gasteiger partial charge in [-0.2, -0.15) is 0 Å². The Hall–Kier alpha value is -1.34. The molecule has 5 aromatic rings. The Morgan fingerprint density at radius 3 is 1.97 bits per heavy atom. The summed E-state index contributed by atoms with van der Waals surface area (Å²) in [5.74, 6) is 1.33. The van der Waals surface area contributed by atoms with E-state index in [4.69, 9.17) is 4.98 Å². The van der Waals surface area contributed by atoms with Gasteiger partial charge in [0.2, 0.25) is 0 Å². The van der Waals surface area contributed by atoms with Crippen LogP contribution in [0.2, 0.25) is 0 Å². The zero-order valence-corrected chi connectivity index (χ0v) is 28.7. The van der Waals surface area contributed by atoms with Crippen LogP contribution in [0, 0.1) is 27.3 Å². The van der Waals surface area contributed by atoms with Gasteiger partial charge in [-0.05, 0) is 70.9 Å². The Labute approximate surface area is 262 Å². The average Bonchev–Trinajstić information content (AvgIpc) is 3.24. The first-order chi connectivity index (χ1) is 16.2. The van der Waals surface area contributed by atoms with Crippen molar-refractivity contribution in [1.82, 2.24) is 9.38 Å². The second-order valence-corrected chi connectivity index (χ2v) is 10.8. The van der Waals surface area contributed by atoms with E-state index in [2.05, 4.69) is 108 Å². The minimum absolute atomic E-state index is 0. The fourth-order valence-corrected chi connectivity index (χ4v) is 5.25. The van der Waals surface area contributed by atoms with Crippen LogP contribution in [0.3, 0.4) is 0 Å². The largest absolute Gasteiger partial charge is 2.00 e. The van der Waals surface area contributed by atoms with Crippen molar-refractivity contribution in [2.24, 2.45) is 0 Å². The summed E-state index contributed by atoms with van der Waals surface area (Å²) in [6, 6.07) is 19.3. The van der Waals surface area contributed by atoms with Gasteiger partial charge < -0.3 is 11.8 Å². The van der Waals surface area contributed by atoms with Crippen molar-refractivity contribution >= 4 is 27.3 Å². The van der Waals surface area contributed by atoms with Gasteiger partial charge in [-0.25, -0.2) is 0 Å². The van der Waals surface area contributed by atoms with Crippen molar-refractivity contribution in [2.75, 3.05) is 0 Å². The maximum atomic E-state index is 5.02. The van der Waals surface area contributed by atoms with Crippen LogP contribution >= 0.6 is 0 Å². The third-order valence-corrected chi connectivity index (χ3v) is 7.37. The summed E-state index contributed by atoms with van der Waals surface area (Å²) in [4.78, 5) is 5.02. The predicted octanol–water partition coefficient (Wildman–Crippen LogP) is 9.54. The number of fused-ring (bicyclic) bond motifs is 6. The second-order valence-electron chi connectivity index (χ2n) is 10.8. The van der Waals surface area contributed by atoms with Crippen LogP contribution in [0.25, 0.3) is 38.6 Å². The van der Waals surface area contributed by atoms with Gasteiger partial charge in [-0.1, -0.05) is 65.1 Å². The van der Waals surface area contributed by atoms with Crippen molar-refractivity contribution in [3.05, 3.63) is 90.0 Å². The van der Waals surface area contributed by atoms with Crippen LogP contribution < -0.4 is 0 Å². The maximum Gasteiger partial charge on any atom is 2.00 e. The van der Waals surface area contributed by atoms with Crippen LogP contribution in [0.4, 0.5) is 0 Å². The fourth-order valence-electron chi connectivity index (χ4n) is 5.25. The molecule has 0 amide bonds. The van der Waals surface area contributed by atoms with Crippen LogP contribution in [-0.4, -0.2) is 9.38 Å². The summed E-state index contributed by atoms with van der Waals surface area (Å²) >= 11 is 0. The topological polar surface area (TPSA) is 17.3 Å². The van der Waals surface area contributed by atoms with Crippen molar-refractivity contribution in [2.45, 2.75) is 73.1 Å². The summed E-state index contributed by atoms with van der Waals surface area (Å²) in [5.41, 5.74) is 11.6. The zero-order valence-electron chi connectivity index (χ0n) is 23.6. The summed E-state index contributed by atoms with van der Waals surface area (Å²) in [6.45, 7) is 18.2. The molecule has 0 aliphatic heterocycles. The first kappa shape index (κ1) is 31.9. The summed E-state index contributed by atoms with van der Waals surface area (Å²) in [6.07, 6.45) is 2.09. The molecule has 0 saturated heterocycles. The molecular formula is C33H38N2PtY. The van der Waals surface area contributed by atoms with E-state index in [0.29, 0.717) is 17.8 Å². The molecule has 193 valence electrons. The monoisotopic (exact) mass is 746 g/mol. The molecule has 4 heteroatoms. The maximum absolute atomic E-state index is 5.02. The van der Waals surface area contributed by atoms with E-state index in [1.165, 1.54) is 55.4 Å². The van der Waals surface area contributed by atoms with Gasteiger partial charge in [0, 0.05) is 50.0 Å².